The highest BCUT2D eigenvalue weighted by Gasteiger charge is 2.14. The van der Waals surface area contributed by atoms with Crippen molar-refractivity contribution in [2.45, 2.75) is 13.0 Å². The molecule has 1 rings (SSSR count). The smallest absolute Gasteiger partial charge is 0.166 e. The van der Waals surface area contributed by atoms with E-state index in [-0.39, 0.29) is 5.75 Å². The van der Waals surface area contributed by atoms with Crippen molar-refractivity contribution >= 4 is 15.9 Å². The van der Waals surface area contributed by atoms with E-state index in [4.69, 9.17) is 4.74 Å². The highest BCUT2D eigenvalue weighted by Crippen LogP contribution is 2.31. The molecule has 0 radical (unpaired) electrons. The summed E-state index contributed by atoms with van der Waals surface area (Å²) in [6.45, 7) is 1.56. The molecule has 0 amide bonds. The zero-order chi connectivity index (χ0) is 10.0. The second-order valence-corrected chi connectivity index (χ2v) is 3.60. The predicted octanol–water partition coefficient (Wildman–Crippen LogP) is 2.65. The molecule has 0 fully saturated rings. The van der Waals surface area contributed by atoms with Crippen molar-refractivity contribution in [1.82, 2.24) is 0 Å². The lowest BCUT2D eigenvalue weighted by molar-refractivity contribution is 0.193. The average molecular weight is 249 g/mol. The van der Waals surface area contributed by atoms with Gasteiger partial charge in [-0.3, -0.25) is 0 Å². The van der Waals surface area contributed by atoms with Crippen molar-refractivity contribution in [2.24, 2.45) is 0 Å². The summed E-state index contributed by atoms with van der Waals surface area (Å²) in [6.07, 6.45) is -0.748. The summed E-state index contributed by atoms with van der Waals surface area (Å²) in [5.41, 5.74) is 0.439. The van der Waals surface area contributed by atoms with Crippen molar-refractivity contribution in [2.75, 3.05) is 7.11 Å². The van der Waals surface area contributed by atoms with Crippen LogP contribution in [-0.4, -0.2) is 12.2 Å². The lowest BCUT2D eigenvalue weighted by Crippen LogP contribution is -1.99. The number of ether oxygens (including phenoxy) is 1. The number of hydrogen-bond donors (Lipinski definition) is 1. The van der Waals surface area contributed by atoms with Gasteiger partial charge in [0.2, 0.25) is 0 Å². The molecule has 0 heterocycles. The summed E-state index contributed by atoms with van der Waals surface area (Å²) in [4.78, 5) is 0. The van der Waals surface area contributed by atoms with Crippen molar-refractivity contribution in [1.29, 1.82) is 0 Å². The van der Waals surface area contributed by atoms with Crippen LogP contribution in [0.4, 0.5) is 4.39 Å². The molecule has 1 aromatic carbocycles. The molecule has 72 valence electrons. The van der Waals surface area contributed by atoms with Crippen LogP contribution in [0, 0.1) is 5.82 Å². The lowest BCUT2D eigenvalue weighted by Gasteiger charge is -2.11. The van der Waals surface area contributed by atoms with Crippen LogP contribution < -0.4 is 4.74 Å². The van der Waals surface area contributed by atoms with Gasteiger partial charge in [0, 0.05) is 10.0 Å². The molecular formula is C9H10BrFO2. The van der Waals surface area contributed by atoms with E-state index in [2.05, 4.69) is 15.9 Å². The van der Waals surface area contributed by atoms with E-state index in [1.807, 2.05) is 0 Å². The standard InChI is InChI=1S/C9H10BrFO2/c1-5(12)7-3-6(10)4-8(11)9(7)13-2/h3-5,12H,1-2H3. The highest BCUT2D eigenvalue weighted by atomic mass is 79.9. The molecule has 0 bridgehead atoms. The normalized spacial score (nSPS) is 12.7. The van der Waals surface area contributed by atoms with E-state index in [1.165, 1.54) is 13.2 Å². The summed E-state index contributed by atoms with van der Waals surface area (Å²) in [6, 6.07) is 2.93. The molecule has 13 heavy (non-hydrogen) atoms. The quantitative estimate of drug-likeness (QED) is 0.873. The molecule has 1 unspecified atom stereocenters. The Balaban J connectivity index is 3.29. The van der Waals surface area contributed by atoms with E-state index < -0.39 is 11.9 Å². The molecule has 0 aromatic heterocycles. The Kier molecular flexibility index (Phi) is 3.27. The summed E-state index contributed by atoms with van der Waals surface area (Å²) in [5.74, 6) is -0.383. The third kappa shape index (κ3) is 2.19. The summed E-state index contributed by atoms with van der Waals surface area (Å²) in [5, 5.41) is 9.32. The Hall–Kier alpha value is -0.610. The van der Waals surface area contributed by atoms with Gasteiger partial charge in [-0.1, -0.05) is 15.9 Å². The second kappa shape index (κ2) is 4.07. The Labute approximate surface area is 84.5 Å². The number of aliphatic hydroxyl groups is 1. The number of halogens is 2. The van der Waals surface area contributed by atoms with Gasteiger partial charge in [-0.05, 0) is 19.1 Å². The van der Waals surface area contributed by atoms with Crippen LogP contribution in [-0.2, 0) is 0 Å². The molecule has 0 aliphatic carbocycles. The van der Waals surface area contributed by atoms with E-state index in [0.717, 1.165) is 0 Å². The van der Waals surface area contributed by atoms with E-state index >= 15 is 0 Å². The first-order chi connectivity index (χ1) is 6.06. The Bertz CT molecular complexity index is 313. The molecule has 1 aromatic rings. The Morgan fingerprint density at radius 3 is 2.62 bits per heavy atom. The van der Waals surface area contributed by atoms with E-state index in [1.54, 1.807) is 13.0 Å². The molecule has 0 aliphatic heterocycles. The van der Waals surface area contributed by atoms with Gasteiger partial charge >= 0.3 is 0 Å². The van der Waals surface area contributed by atoms with Crippen LogP contribution in [0.2, 0.25) is 0 Å². The first-order valence-corrected chi connectivity index (χ1v) is 4.56. The number of benzene rings is 1. The highest BCUT2D eigenvalue weighted by molar-refractivity contribution is 9.10. The zero-order valence-electron chi connectivity index (χ0n) is 7.34. The van der Waals surface area contributed by atoms with Crippen molar-refractivity contribution in [3.63, 3.8) is 0 Å². The summed E-state index contributed by atoms with van der Waals surface area (Å²) >= 11 is 3.14. The molecule has 4 heteroatoms. The van der Waals surface area contributed by atoms with Crippen molar-refractivity contribution in [3.8, 4) is 5.75 Å². The Morgan fingerprint density at radius 2 is 2.15 bits per heavy atom. The fourth-order valence-corrected chi connectivity index (χ4v) is 1.55. The van der Waals surface area contributed by atoms with Crippen LogP contribution in [0.5, 0.6) is 5.75 Å². The molecule has 2 nitrogen and oxygen atoms in total. The molecule has 1 N–H and O–H groups in total. The molecule has 1 atom stereocenters. The summed E-state index contributed by atoms with van der Waals surface area (Å²) in [7, 11) is 1.37. The molecular weight excluding hydrogens is 239 g/mol. The minimum absolute atomic E-state index is 0.0956. The largest absolute Gasteiger partial charge is 0.493 e. The Morgan fingerprint density at radius 1 is 1.54 bits per heavy atom. The maximum Gasteiger partial charge on any atom is 0.166 e. The summed E-state index contributed by atoms with van der Waals surface area (Å²) < 4.78 is 18.6. The minimum atomic E-state index is -0.748. The maximum absolute atomic E-state index is 13.2. The molecule has 0 saturated carbocycles. The zero-order valence-corrected chi connectivity index (χ0v) is 8.93. The van der Waals surface area contributed by atoms with Crippen molar-refractivity contribution in [3.05, 3.63) is 28.0 Å². The topological polar surface area (TPSA) is 29.5 Å². The monoisotopic (exact) mass is 248 g/mol. The van der Waals surface area contributed by atoms with Gasteiger partial charge in [0.1, 0.15) is 0 Å². The van der Waals surface area contributed by atoms with Crippen LogP contribution in [0.3, 0.4) is 0 Å². The van der Waals surface area contributed by atoms with Crippen LogP contribution in [0.15, 0.2) is 16.6 Å². The van der Waals surface area contributed by atoms with Gasteiger partial charge < -0.3 is 9.84 Å². The number of methoxy groups -OCH3 is 1. The fraction of sp³-hybridized carbons (Fsp3) is 0.333. The van der Waals surface area contributed by atoms with Crippen LogP contribution >= 0.6 is 15.9 Å². The first-order valence-electron chi connectivity index (χ1n) is 3.77. The molecule has 0 saturated heterocycles. The minimum Gasteiger partial charge on any atom is -0.493 e. The number of rotatable bonds is 2. The fourth-order valence-electron chi connectivity index (χ4n) is 1.11. The van der Waals surface area contributed by atoms with E-state index in [9.17, 15) is 9.50 Å². The molecule has 0 aliphatic rings. The number of hydrogen-bond acceptors (Lipinski definition) is 2. The third-order valence-corrected chi connectivity index (χ3v) is 2.15. The predicted molar refractivity (Wildman–Crippen MR) is 51.3 cm³/mol. The van der Waals surface area contributed by atoms with Gasteiger partial charge in [0.15, 0.2) is 11.6 Å². The van der Waals surface area contributed by atoms with Crippen LogP contribution in [0.1, 0.15) is 18.6 Å². The van der Waals surface area contributed by atoms with E-state index in [0.29, 0.717) is 10.0 Å². The van der Waals surface area contributed by atoms with Gasteiger partial charge in [0.25, 0.3) is 0 Å². The molecule has 0 spiro atoms. The first kappa shape index (κ1) is 10.5. The van der Waals surface area contributed by atoms with Crippen molar-refractivity contribution < 1.29 is 14.2 Å². The van der Waals surface area contributed by atoms with Gasteiger partial charge in [-0.25, -0.2) is 4.39 Å². The third-order valence-electron chi connectivity index (χ3n) is 1.69. The number of aliphatic hydroxyl groups excluding tert-OH is 1. The lowest BCUT2D eigenvalue weighted by atomic mass is 10.1. The van der Waals surface area contributed by atoms with Crippen LogP contribution in [0.25, 0.3) is 0 Å². The average Bonchev–Trinajstić information content (AvgIpc) is 2.02. The van der Waals surface area contributed by atoms with Gasteiger partial charge in [0.05, 0.1) is 13.2 Å². The van der Waals surface area contributed by atoms with Gasteiger partial charge in [-0.2, -0.15) is 0 Å². The second-order valence-electron chi connectivity index (χ2n) is 2.69. The SMILES string of the molecule is COc1c(F)cc(Br)cc1C(C)O. The van der Waals surface area contributed by atoms with Gasteiger partial charge in [-0.15, -0.1) is 0 Å². The maximum atomic E-state index is 13.2.